The van der Waals surface area contributed by atoms with Gasteiger partial charge in [-0.25, -0.2) is 8.42 Å². The van der Waals surface area contributed by atoms with Crippen molar-refractivity contribution < 1.29 is 13.2 Å². The van der Waals surface area contributed by atoms with Gasteiger partial charge in [0.1, 0.15) is 0 Å². The second-order valence-corrected chi connectivity index (χ2v) is 8.55. The van der Waals surface area contributed by atoms with Gasteiger partial charge in [0.15, 0.2) is 0 Å². The summed E-state index contributed by atoms with van der Waals surface area (Å²) in [4.78, 5) is 12.7. The number of benzene rings is 2. The third-order valence-corrected chi connectivity index (χ3v) is 6.68. The summed E-state index contributed by atoms with van der Waals surface area (Å²) >= 11 is 0. The number of carbonyl (C=O) groups is 1. The lowest BCUT2D eigenvalue weighted by atomic mass is 10.1. The van der Waals surface area contributed by atoms with Gasteiger partial charge in [-0.3, -0.25) is 9.10 Å². The molecule has 6 nitrogen and oxygen atoms in total. The molecule has 1 amide bonds. The molecule has 3 rings (SSSR count). The Morgan fingerprint density at radius 1 is 1.19 bits per heavy atom. The molecule has 0 aliphatic heterocycles. The van der Waals surface area contributed by atoms with Crippen molar-refractivity contribution >= 4 is 21.6 Å². The minimum absolute atomic E-state index is 0.0609. The molecule has 1 unspecified atom stereocenters. The van der Waals surface area contributed by atoms with E-state index in [1.54, 1.807) is 43.3 Å². The summed E-state index contributed by atoms with van der Waals surface area (Å²) in [6.45, 7) is 2.45. The number of nitrogens with two attached hydrogens (primary N) is 1. The number of amides is 1. The Labute approximate surface area is 160 Å². The molecule has 0 aromatic heterocycles. The quantitative estimate of drug-likeness (QED) is 0.727. The zero-order chi connectivity index (χ0) is 19.4. The molecule has 2 aromatic carbocycles. The van der Waals surface area contributed by atoms with Crippen LogP contribution in [0.2, 0.25) is 0 Å². The average molecular weight is 388 g/mol. The Hall–Kier alpha value is -2.38. The summed E-state index contributed by atoms with van der Waals surface area (Å²) in [6.07, 6.45) is 2.14. The molecule has 0 bridgehead atoms. The molecule has 0 saturated heterocycles. The standard InChI is InChI=1S/C20H25N3O3S/c1-2-23(17-8-4-3-5-9-17)27(25,26)18-10-6-7-16(13-18)20(24)22-19(14-21)15-11-12-15/h3-10,13,15,19H,2,11-12,14,21H2,1H3,(H,22,24). The maximum absolute atomic E-state index is 13.1. The molecule has 1 fully saturated rings. The molecule has 1 aliphatic carbocycles. The number of rotatable bonds is 8. The molecule has 3 N–H and O–H groups in total. The Morgan fingerprint density at radius 3 is 2.48 bits per heavy atom. The van der Waals surface area contributed by atoms with Crippen LogP contribution in [0.3, 0.4) is 0 Å². The molecule has 1 aliphatic rings. The topological polar surface area (TPSA) is 92.5 Å². The zero-order valence-electron chi connectivity index (χ0n) is 15.3. The van der Waals surface area contributed by atoms with Crippen LogP contribution in [0, 0.1) is 5.92 Å². The van der Waals surface area contributed by atoms with Gasteiger partial charge >= 0.3 is 0 Å². The van der Waals surface area contributed by atoms with E-state index in [9.17, 15) is 13.2 Å². The first-order chi connectivity index (χ1) is 13.0. The Bertz CT molecular complexity index is 896. The van der Waals surface area contributed by atoms with E-state index in [2.05, 4.69) is 5.32 Å². The summed E-state index contributed by atoms with van der Waals surface area (Å²) < 4.78 is 27.5. The number of para-hydroxylation sites is 1. The van der Waals surface area contributed by atoms with Gasteiger partial charge < -0.3 is 11.1 Å². The van der Waals surface area contributed by atoms with Crippen LogP contribution < -0.4 is 15.4 Å². The van der Waals surface area contributed by atoms with Crippen molar-refractivity contribution in [2.45, 2.75) is 30.7 Å². The van der Waals surface area contributed by atoms with Crippen molar-refractivity contribution in [2.75, 3.05) is 17.4 Å². The Kier molecular flexibility index (Phi) is 5.82. The fourth-order valence-corrected chi connectivity index (χ4v) is 4.65. The number of anilines is 1. The number of nitrogens with one attached hydrogen (secondary N) is 1. The molecule has 1 saturated carbocycles. The SMILES string of the molecule is CCN(c1ccccc1)S(=O)(=O)c1cccc(C(=O)NC(CN)C2CC2)c1. The van der Waals surface area contributed by atoms with Gasteiger partial charge in [-0.05, 0) is 56.0 Å². The van der Waals surface area contributed by atoms with Gasteiger partial charge in [0.25, 0.3) is 15.9 Å². The summed E-state index contributed by atoms with van der Waals surface area (Å²) in [6, 6.07) is 15.0. The van der Waals surface area contributed by atoms with Crippen LogP contribution in [0.4, 0.5) is 5.69 Å². The summed E-state index contributed by atoms with van der Waals surface area (Å²) in [5.74, 6) is 0.136. The van der Waals surface area contributed by atoms with E-state index in [-0.39, 0.29) is 16.8 Å². The van der Waals surface area contributed by atoms with Gasteiger partial charge in [0, 0.05) is 24.7 Å². The van der Waals surface area contributed by atoms with Crippen LogP contribution in [-0.2, 0) is 10.0 Å². The van der Waals surface area contributed by atoms with Gasteiger partial charge in [-0.1, -0.05) is 24.3 Å². The van der Waals surface area contributed by atoms with Gasteiger partial charge in [0.2, 0.25) is 0 Å². The number of carbonyl (C=O) groups excluding carboxylic acids is 1. The van der Waals surface area contributed by atoms with E-state index in [0.717, 1.165) is 12.8 Å². The lowest BCUT2D eigenvalue weighted by Crippen LogP contribution is -2.41. The van der Waals surface area contributed by atoms with Crippen molar-refractivity contribution in [3.8, 4) is 0 Å². The van der Waals surface area contributed by atoms with E-state index < -0.39 is 10.0 Å². The summed E-state index contributed by atoms with van der Waals surface area (Å²) in [7, 11) is -3.77. The molecular weight excluding hydrogens is 362 g/mol. The molecule has 0 spiro atoms. The predicted octanol–water partition coefficient (Wildman–Crippen LogP) is 2.37. The monoisotopic (exact) mass is 387 g/mol. The van der Waals surface area contributed by atoms with E-state index in [1.165, 1.54) is 16.4 Å². The van der Waals surface area contributed by atoms with Crippen molar-refractivity contribution in [3.63, 3.8) is 0 Å². The van der Waals surface area contributed by atoms with Crippen LogP contribution in [0.15, 0.2) is 59.5 Å². The number of sulfonamides is 1. The maximum atomic E-state index is 13.1. The van der Waals surface area contributed by atoms with Crippen LogP contribution in [0.5, 0.6) is 0 Å². The fraction of sp³-hybridized carbons (Fsp3) is 0.350. The lowest BCUT2D eigenvalue weighted by Gasteiger charge is -2.23. The van der Waals surface area contributed by atoms with E-state index in [1.807, 2.05) is 6.07 Å². The highest BCUT2D eigenvalue weighted by Gasteiger charge is 2.31. The van der Waals surface area contributed by atoms with Gasteiger partial charge in [-0.15, -0.1) is 0 Å². The Balaban J connectivity index is 1.86. The van der Waals surface area contributed by atoms with Crippen LogP contribution >= 0.6 is 0 Å². The van der Waals surface area contributed by atoms with Gasteiger partial charge in [-0.2, -0.15) is 0 Å². The molecule has 2 aromatic rings. The molecular formula is C20H25N3O3S. The average Bonchev–Trinajstić information content (AvgIpc) is 3.52. The largest absolute Gasteiger partial charge is 0.348 e. The summed E-state index contributed by atoms with van der Waals surface area (Å²) in [5, 5.41) is 2.93. The van der Waals surface area contributed by atoms with Crippen LogP contribution in [0.1, 0.15) is 30.1 Å². The van der Waals surface area contributed by atoms with E-state index >= 15 is 0 Å². The lowest BCUT2D eigenvalue weighted by molar-refractivity contribution is 0.0933. The van der Waals surface area contributed by atoms with E-state index in [0.29, 0.717) is 30.3 Å². The molecule has 1 atom stereocenters. The zero-order valence-corrected chi connectivity index (χ0v) is 16.2. The predicted molar refractivity (Wildman–Crippen MR) is 106 cm³/mol. The van der Waals surface area contributed by atoms with Gasteiger partial charge in [0.05, 0.1) is 10.6 Å². The normalized spacial score (nSPS) is 15.2. The van der Waals surface area contributed by atoms with Crippen molar-refractivity contribution in [1.82, 2.24) is 5.32 Å². The second kappa shape index (κ2) is 8.10. The van der Waals surface area contributed by atoms with Crippen LogP contribution in [0.25, 0.3) is 0 Å². The molecule has 144 valence electrons. The second-order valence-electron chi connectivity index (χ2n) is 6.69. The highest BCUT2D eigenvalue weighted by Crippen LogP contribution is 2.32. The van der Waals surface area contributed by atoms with Crippen molar-refractivity contribution in [1.29, 1.82) is 0 Å². The van der Waals surface area contributed by atoms with E-state index in [4.69, 9.17) is 5.73 Å². The molecule has 0 radical (unpaired) electrons. The van der Waals surface area contributed by atoms with Crippen molar-refractivity contribution in [2.24, 2.45) is 11.7 Å². The summed E-state index contributed by atoms with van der Waals surface area (Å²) in [5.41, 5.74) is 6.65. The third kappa shape index (κ3) is 4.31. The Morgan fingerprint density at radius 2 is 1.89 bits per heavy atom. The minimum Gasteiger partial charge on any atom is -0.348 e. The smallest absolute Gasteiger partial charge is 0.264 e. The molecule has 0 heterocycles. The fourth-order valence-electron chi connectivity index (χ4n) is 3.13. The maximum Gasteiger partial charge on any atom is 0.264 e. The van der Waals surface area contributed by atoms with Crippen molar-refractivity contribution in [3.05, 3.63) is 60.2 Å². The molecule has 27 heavy (non-hydrogen) atoms. The molecule has 7 heteroatoms. The first kappa shape index (κ1) is 19.4. The number of hydrogen-bond donors (Lipinski definition) is 2. The minimum atomic E-state index is -3.77. The number of hydrogen-bond acceptors (Lipinski definition) is 4. The first-order valence-corrected chi connectivity index (χ1v) is 10.6. The highest BCUT2D eigenvalue weighted by atomic mass is 32.2. The highest BCUT2D eigenvalue weighted by molar-refractivity contribution is 7.92. The number of nitrogens with zero attached hydrogens (tertiary/aromatic N) is 1. The van der Waals surface area contributed by atoms with Crippen LogP contribution in [-0.4, -0.2) is 33.5 Å². The first-order valence-electron chi connectivity index (χ1n) is 9.16. The third-order valence-electron chi connectivity index (χ3n) is 4.78.